The molecule has 2 aromatic heterocycles. The summed E-state index contributed by atoms with van der Waals surface area (Å²) in [4.78, 5) is 9.38. The Labute approximate surface area is 173 Å². The second kappa shape index (κ2) is 7.40. The second-order valence-corrected chi connectivity index (χ2v) is 8.32. The first-order valence-electron chi connectivity index (χ1n) is 10.2. The standard InChI is InChI=1S/C26H28N3/c1-16(2)21-8-9-24(27-14-21)20-7-10-25-23(13-20)26(29(6)15-28-25)22-12-17(3)11-18(4)19(22)5/h7-16H,1-6H3/q+1. The van der Waals surface area contributed by atoms with Gasteiger partial charge < -0.3 is 0 Å². The van der Waals surface area contributed by atoms with Crippen molar-refractivity contribution in [2.75, 3.05) is 0 Å². The molecular formula is C26H28N3+. The van der Waals surface area contributed by atoms with Gasteiger partial charge in [-0.15, -0.1) is 0 Å². The first-order valence-corrected chi connectivity index (χ1v) is 10.2. The van der Waals surface area contributed by atoms with E-state index in [0.717, 1.165) is 22.2 Å². The van der Waals surface area contributed by atoms with Gasteiger partial charge in [-0.1, -0.05) is 31.5 Å². The van der Waals surface area contributed by atoms with Crippen LogP contribution in [0.5, 0.6) is 0 Å². The van der Waals surface area contributed by atoms with Crippen molar-refractivity contribution in [3.63, 3.8) is 0 Å². The number of hydrogen-bond acceptors (Lipinski definition) is 2. The first-order chi connectivity index (χ1) is 13.8. The van der Waals surface area contributed by atoms with Crippen LogP contribution >= 0.6 is 0 Å². The third kappa shape index (κ3) is 3.53. The molecule has 4 aromatic rings. The summed E-state index contributed by atoms with van der Waals surface area (Å²) in [7, 11) is 2.07. The van der Waals surface area contributed by atoms with Gasteiger partial charge in [0.1, 0.15) is 5.69 Å². The van der Waals surface area contributed by atoms with Crippen molar-refractivity contribution in [1.82, 2.24) is 9.97 Å². The number of pyridine rings is 1. The smallest absolute Gasteiger partial charge is 0.256 e. The maximum absolute atomic E-state index is 4.72. The van der Waals surface area contributed by atoms with E-state index in [1.54, 1.807) is 0 Å². The summed E-state index contributed by atoms with van der Waals surface area (Å²) in [5.74, 6) is 0.482. The number of fused-ring (bicyclic) bond motifs is 1. The summed E-state index contributed by atoms with van der Waals surface area (Å²) in [5.41, 5.74) is 10.7. The van der Waals surface area contributed by atoms with Gasteiger partial charge in [0.2, 0.25) is 0 Å². The molecule has 4 rings (SSSR count). The van der Waals surface area contributed by atoms with Gasteiger partial charge in [-0.25, -0.2) is 4.57 Å². The van der Waals surface area contributed by atoms with E-state index in [2.05, 4.69) is 93.7 Å². The van der Waals surface area contributed by atoms with Crippen LogP contribution in [-0.4, -0.2) is 9.97 Å². The van der Waals surface area contributed by atoms with E-state index < -0.39 is 0 Å². The van der Waals surface area contributed by atoms with E-state index >= 15 is 0 Å². The van der Waals surface area contributed by atoms with Crippen molar-refractivity contribution in [1.29, 1.82) is 0 Å². The molecule has 0 saturated carbocycles. The Morgan fingerprint density at radius 1 is 0.897 bits per heavy atom. The van der Waals surface area contributed by atoms with Crippen LogP contribution in [0.2, 0.25) is 0 Å². The van der Waals surface area contributed by atoms with E-state index in [0.29, 0.717) is 5.92 Å². The Hall–Kier alpha value is -3.07. The molecule has 29 heavy (non-hydrogen) atoms. The molecule has 2 aromatic carbocycles. The minimum atomic E-state index is 0.482. The average Bonchev–Trinajstić information content (AvgIpc) is 2.70. The molecule has 0 fully saturated rings. The van der Waals surface area contributed by atoms with Crippen LogP contribution in [0.3, 0.4) is 0 Å². The lowest BCUT2D eigenvalue weighted by molar-refractivity contribution is -0.662. The van der Waals surface area contributed by atoms with Crippen LogP contribution in [0, 0.1) is 20.8 Å². The third-order valence-corrected chi connectivity index (χ3v) is 5.79. The minimum Gasteiger partial charge on any atom is -0.256 e. The molecule has 0 radical (unpaired) electrons. The zero-order valence-corrected chi connectivity index (χ0v) is 18.1. The molecule has 0 aliphatic rings. The highest BCUT2D eigenvalue weighted by atomic mass is 15.0. The Morgan fingerprint density at radius 3 is 2.38 bits per heavy atom. The van der Waals surface area contributed by atoms with Crippen molar-refractivity contribution in [2.45, 2.75) is 40.5 Å². The van der Waals surface area contributed by atoms with Gasteiger partial charge in [0.25, 0.3) is 6.33 Å². The highest BCUT2D eigenvalue weighted by Gasteiger charge is 2.19. The molecule has 0 aliphatic carbocycles. The van der Waals surface area contributed by atoms with Crippen LogP contribution in [-0.2, 0) is 7.05 Å². The van der Waals surface area contributed by atoms with E-state index in [4.69, 9.17) is 4.98 Å². The fraction of sp³-hybridized carbons (Fsp3) is 0.269. The third-order valence-electron chi connectivity index (χ3n) is 5.79. The maximum atomic E-state index is 4.72. The van der Waals surface area contributed by atoms with Crippen LogP contribution < -0.4 is 4.57 Å². The fourth-order valence-electron chi connectivity index (χ4n) is 3.93. The van der Waals surface area contributed by atoms with Gasteiger partial charge >= 0.3 is 0 Å². The molecule has 3 heteroatoms. The summed E-state index contributed by atoms with van der Waals surface area (Å²) < 4.78 is 2.13. The molecule has 3 nitrogen and oxygen atoms in total. The summed E-state index contributed by atoms with van der Waals surface area (Å²) in [6, 6.07) is 15.3. The van der Waals surface area contributed by atoms with Gasteiger partial charge in [-0.3, -0.25) is 4.98 Å². The average molecular weight is 383 g/mol. The summed E-state index contributed by atoms with van der Waals surface area (Å²) in [6.45, 7) is 10.9. The molecule has 0 atom stereocenters. The van der Waals surface area contributed by atoms with Crippen LogP contribution in [0.15, 0.2) is 55.0 Å². The van der Waals surface area contributed by atoms with Crippen molar-refractivity contribution in [3.05, 3.63) is 77.2 Å². The normalized spacial score (nSPS) is 11.4. The first kappa shape index (κ1) is 19.3. The summed E-state index contributed by atoms with van der Waals surface area (Å²) in [6.07, 6.45) is 3.90. The molecule has 0 spiro atoms. The maximum Gasteiger partial charge on any atom is 0.287 e. The molecule has 0 N–H and O–H groups in total. The lowest BCUT2D eigenvalue weighted by Crippen LogP contribution is -2.32. The van der Waals surface area contributed by atoms with Crippen LogP contribution in [0.1, 0.15) is 42.0 Å². The molecule has 0 bridgehead atoms. The predicted octanol–water partition coefficient (Wildman–Crippen LogP) is 5.84. The Bertz CT molecular complexity index is 1210. The summed E-state index contributed by atoms with van der Waals surface area (Å²) in [5, 5.41) is 1.15. The van der Waals surface area contributed by atoms with E-state index in [9.17, 15) is 0 Å². The highest BCUT2D eigenvalue weighted by Crippen LogP contribution is 2.32. The molecule has 0 amide bonds. The van der Waals surface area contributed by atoms with Gasteiger partial charge in [0.15, 0.2) is 5.52 Å². The SMILES string of the molecule is Cc1cc(C)c(C)c(-c2c3cc(-c4ccc(C(C)C)cn4)ccc3nc[n+]2C)c1. The number of benzene rings is 2. The molecule has 2 heterocycles. The van der Waals surface area contributed by atoms with Crippen molar-refractivity contribution in [3.8, 4) is 22.5 Å². The van der Waals surface area contributed by atoms with Gasteiger partial charge in [-0.2, -0.15) is 0 Å². The van der Waals surface area contributed by atoms with Crippen molar-refractivity contribution < 1.29 is 4.57 Å². The van der Waals surface area contributed by atoms with Crippen LogP contribution in [0.25, 0.3) is 33.4 Å². The number of rotatable bonds is 3. The number of nitrogens with zero attached hydrogens (tertiary/aromatic N) is 3. The zero-order valence-electron chi connectivity index (χ0n) is 18.1. The largest absolute Gasteiger partial charge is 0.287 e. The van der Waals surface area contributed by atoms with E-state index in [-0.39, 0.29) is 0 Å². The Kier molecular flexibility index (Phi) is 4.91. The molecule has 0 aliphatic heterocycles. The van der Waals surface area contributed by atoms with E-state index in [1.807, 2.05) is 12.5 Å². The Balaban J connectivity index is 1.94. The number of aromatic nitrogens is 3. The van der Waals surface area contributed by atoms with Gasteiger partial charge in [0.05, 0.1) is 18.1 Å². The van der Waals surface area contributed by atoms with Crippen molar-refractivity contribution >= 4 is 10.9 Å². The lowest BCUT2D eigenvalue weighted by Gasteiger charge is -2.13. The van der Waals surface area contributed by atoms with Crippen molar-refractivity contribution in [2.24, 2.45) is 7.05 Å². The fourth-order valence-corrected chi connectivity index (χ4v) is 3.93. The van der Waals surface area contributed by atoms with Gasteiger partial charge in [-0.05, 0) is 78.7 Å². The number of hydrogen-bond donors (Lipinski definition) is 0. The topological polar surface area (TPSA) is 29.7 Å². The lowest BCUT2D eigenvalue weighted by atomic mass is 9.94. The highest BCUT2D eigenvalue weighted by molar-refractivity contribution is 5.94. The molecule has 146 valence electrons. The van der Waals surface area contributed by atoms with E-state index in [1.165, 1.54) is 33.5 Å². The zero-order chi connectivity index (χ0) is 20.7. The summed E-state index contributed by atoms with van der Waals surface area (Å²) >= 11 is 0. The minimum absolute atomic E-state index is 0.482. The molecule has 0 saturated heterocycles. The molecular weight excluding hydrogens is 354 g/mol. The predicted molar refractivity (Wildman–Crippen MR) is 120 cm³/mol. The monoisotopic (exact) mass is 382 g/mol. The second-order valence-electron chi connectivity index (χ2n) is 8.32. The number of aryl methyl sites for hydroxylation is 3. The van der Waals surface area contributed by atoms with Crippen LogP contribution in [0.4, 0.5) is 0 Å². The van der Waals surface area contributed by atoms with Gasteiger partial charge in [0, 0.05) is 17.3 Å². The quantitative estimate of drug-likeness (QED) is 0.417. The Morgan fingerprint density at radius 2 is 1.69 bits per heavy atom. The molecule has 0 unspecified atom stereocenters.